The van der Waals surface area contributed by atoms with Crippen LogP contribution in [0, 0.1) is 0 Å². The number of Topliss-reactive ketones (excluding diaryl/α,β-unsaturated/α-hetero) is 1. The molecule has 0 radical (unpaired) electrons. The van der Waals surface area contributed by atoms with Crippen LogP contribution < -0.4 is 4.90 Å². The summed E-state index contributed by atoms with van der Waals surface area (Å²) in [5.41, 5.74) is 0.764. The molecular weight excluding hydrogens is 394 g/mol. The van der Waals surface area contributed by atoms with E-state index in [9.17, 15) is 19.8 Å². The van der Waals surface area contributed by atoms with Crippen molar-refractivity contribution in [1.82, 2.24) is 9.97 Å². The number of carbonyl (C=O) groups is 2. The summed E-state index contributed by atoms with van der Waals surface area (Å²) in [6.07, 6.45) is 5.97. The van der Waals surface area contributed by atoms with E-state index in [0.29, 0.717) is 11.1 Å². The minimum Gasteiger partial charge on any atom is -0.507 e. The Morgan fingerprint density at radius 1 is 1.03 bits per heavy atom. The molecule has 1 fully saturated rings. The minimum absolute atomic E-state index is 0.0576. The number of phenolic OH excluding ortho intramolecular Hbond substituents is 1. The highest BCUT2D eigenvalue weighted by Gasteiger charge is 2.47. The van der Waals surface area contributed by atoms with Gasteiger partial charge in [0.2, 0.25) is 0 Å². The third kappa shape index (κ3) is 3.21. The van der Waals surface area contributed by atoms with E-state index < -0.39 is 17.7 Å². The fraction of sp³-hybridized carbons (Fsp3) is 0.0476. The number of aromatic hydroxyl groups is 1. The molecule has 3 aromatic rings. The Hall–Kier alpha value is -3.71. The Bertz CT molecular complexity index is 1130. The van der Waals surface area contributed by atoms with Gasteiger partial charge in [-0.3, -0.25) is 24.5 Å². The van der Waals surface area contributed by atoms with E-state index in [1.165, 1.54) is 48.9 Å². The molecule has 0 saturated carbocycles. The van der Waals surface area contributed by atoms with Gasteiger partial charge in [-0.2, -0.15) is 0 Å². The number of aliphatic hydroxyl groups excluding tert-OH is 1. The van der Waals surface area contributed by atoms with Crippen LogP contribution in [0.3, 0.4) is 0 Å². The number of pyridine rings is 2. The number of phenols is 1. The standard InChI is InChI=1S/C21H14ClN3O4/c22-14-3-4-16(26)15(10-14)25-18(13-2-1-7-24-11-13)17(20(28)21(25)29)19(27)12-5-8-23-9-6-12/h1-11,18,26-27H/b19-17+. The Labute approximate surface area is 170 Å². The van der Waals surface area contributed by atoms with E-state index in [1.54, 1.807) is 18.3 Å². The van der Waals surface area contributed by atoms with E-state index in [-0.39, 0.29) is 27.8 Å². The normalized spacial score (nSPS) is 18.2. The summed E-state index contributed by atoms with van der Waals surface area (Å²) < 4.78 is 0. The van der Waals surface area contributed by atoms with Crippen LogP contribution in [0.4, 0.5) is 5.69 Å². The quantitative estimate of drug-likeness (QED) is 0.391. The first-order chi connectivity index (χ1) is 14.0. The van der Waals surface area contributed by atoms with Crippen molar-refractivity contribution in [3.8, 4) is 5.75 Å². The second-order valence-electron chi connectivity index (χ2n) is 6.32. The van der Waals surface area contributed by atoms with Gasteiger partial charge in [-0.1, -0.05) is 17.7 Å². The van der Waals surface area contributed by atoms with Crippen LogP contribution in [-0.4, -0.2) is 31.9 Å². The average molecular weight is 408 g/mol. The number of benzene rings is 1. The SMILES string of the molecule is O=C1C(=O)N(c2cc(Cl)ccc2O)C(c2cccnc2)/C1=C(\O)c1ccncc1. The fourth-order valence-corrected chi connectivity index (χ4v) is 3.46. The van der Waals surface area contributed by atoms with Crippen LogP contribution in [0.2, 0.25) is 5.02 Å². The number of ketones is 1. The van der Waals surface area contributed by atoms with Gasteiger partial charge in [0.15, 0.2) is 0 Å². The summed E-state index contributed by atoms with van der Waals surface area (Å²) in [5.74, 6) is -2.35. The summed E-state index contributed by atoms with van der Waals surface area (Å²) >= 11 is 6.05. The zero-order valence-corrected chi connectivity index (χ0v) is 15.6. The van der Waals surface area contributed by atoms with E-state index in [0.717, 1.165) is 4.90 Å². The van der Waals surface area contributed by atoms with Crippen molar-refractivity contribution in [2.24, 2.45) is 0 Å². The van der Waals surface area contributed by atoms with Crippen molar-refractivity contribution < 1.29 is 19.8 Å². The van der Waals surface area contributed by atoms with Crippen molar-refractivity contribution in [3.63, 3.8) is 0 Å². The summed E-state index contributed by atoms with van der Waals surface area (Å²) in [6.45, 7) is 0. The van der Waals surface area contributed by atoms with Gasteiger partial charge in [0, 0.05) is 35.4 Å². The Morgan fingerprint density at radius 3 is 2.48 bits per heavy atom. The van der Waals surface area contributed by atoms with Crippen LogP contribution in [-0.2, 0) is 9.59 Å². The lowest BCUT2D eigenvalue weighted by Gasteiger charge is -2.25. The maximum absolute atomic E-state index is 12.9. The smallest absolute Gasteiger partial charge is 0.300 e. The maximum atomic E-state index is 12.9. The molecule has 1 atom stereocenters. The number of anilines is 1. The van der Waals surface area contributed by atoms with Crippen LogP contribution in [0.5, 0.6) is 5.75 Å². The molecule has 2 aromatic heterocycles. The topological polar surface area (TPSA) is 104 Å². The molecule has 4 rings (SSSR count). The largest absolute Gasteiger partial charge is 0.507 e. The molecule has 0 bridgehead atoms. The molecule has 2 N–H and O–H groups in total. The Kier molecular flexibility index (Phi) is 4.74. The van der Waals surface area contributed by atoms with Crippen molar-refractivity contribution in [2.45, 2.75) is 6.04 Å². The van der Waals surface area contributed by atoms with Gasteiger partial charge in [0.1, 0.15) is 11.5 Å². The molecule has 144 valence electrons. The maximum Gasteiger partial charge on any atom is 0.300 e. The van der Waals surface area contributed by atoms with Crippen molar-refractivity contribution >= 4 is 34.7 Å². The molecule has 1 aliphatic heterocycles. The first kappa shape index (κ1) is 18.6. The van der Waals surface area contributed by atoms with E-state index >= 15 is 0 Å². The lowest BCUT2D eigenvalue weighted by Crippen LogP contribution is -2.29. The first-order valence-corrected chi connectivity index (χ1v) is 8.96. The number of hydrogen-bond donors (Lipinski definition) is 2. The lowest BCUT2D eigenvalue weighted by molar-refractivity contribution is -0.132. The number of nitrogens with zero attached hydrogens (tertiary/aromatic N) is 3. The van der Waals surface area contributed by atoms with Crippen LogP contribution in [0.1, 0.15) is 17.2 Å². The molecule has 1 aromatic carbocycles. The van der Waals surface area contributed by atoms with Gasteiger partial charge < -0.3 is 10.2 Å². The van der Waals surface area contributed by atoms with Gasteiger partial charge in [0.05, 0.1) is 17.3 Å². The van der Waals surface area contributed by atoms with Gasteiger partial charge in [-0.25, -0.2) is 0 Å². The molecule has 1 amide bonds. The second-order valence-corrected chi connectivity index (χ2v) is 6.76. The van der Waals surface area contributed by atoms with E-state index in [4.69, 9.17) is 11.6 Å². The Balaban J connectivity index is 1.98. The number of carbonyl (C=O) groups excluding carboxylic acids is 2. The minimum atomic E-state index is -0.999. The molecule has 7 nitrogen and oxygen atoms in total. The van der Waals surface area contributed by atoms with Crippen LogP contribution in [0.25, 0.3) is 5.76 Å². The summed E-state index contributed by atoms with van der Waals surface area (Å²) in [5, 5.41) is 21.5. The number of aromatic nitrogens is 2. The number of rotatable bonds is 3. The van der Waals surface area contributed by atoms with E-state index in [2.05, 4.69) is 9.97 Å². The molecule has 8 heteroatoms. The van der Waals surface area contributed by atoms with Crippen LogP contribution in [0.15, 0.2) is 72.8 Å². The third-order valence-corrected chi connectivity index (χ3v) is 4.83. The van der Waals surface area contributed by atoms with Gasteiger partial charge >= 0.3 is 0 Å². The number of amides is 1. The average Bonchev–Trinajstić information content (AvgIpc) is 3.01. The number of halogens is 1. The molecule has 1 saturated heterocycles. The highest BCUT2D eigenvalue weighted by atomic mass is 35.5. The zero-order chi connectivity index (χ0) is 20.5. The highest BCUT2D eigenvalue weighted by Crippen LogP contribution is 2.45. The van der Waals surface area contributed by atoms with Gasteiger partial charge in [0.25, 0.3) is 11.7 Å². The third-order valence-electron chi connectivity index (χ3n) is 4.60. The molecule has 3 heterocycles. The monoisotopic (exact) mass is 407 g/mol. The summed E-state index contributed by atoms with van der Waals surface area (Å²) in [7, 11) is 0. The number of aliphatic hydroxyl groups is 1. The number of hydrogen-bond acceptors (Lipinski definition) is 6. The van der Waals surface area contributed by atoms with Gasteiger partial charge in [-0.15, -0.1) is 0 Å². The molecule has 0 aliphatic carbocycles. The van der Waals surface area contributed by atoms with Gasteiger partial charge in [-0.05, 0) is 42.0 Å². The Morgan fingerprint density at radius 2 is 1.79 bits per heavy atom. The molecule has 1 unspecified atom stereocenters. The summed E-state index contributed by atoms with van der Waals surface area (Å²) in [6, 6.07) is 9.57. The molecule has 0 spiro atoms. The van der Waals surface area contributed by atoms with Crippen molar-refractivity contribution in [2.75, 3.05) is 4.90 Å². The summed E-state index contributed by atoms with van der Waals surface area (Å²) in [4.78, 5) is 34.9. The zero-order valence-electron chi connectivity index (χ0n) is 14.9. The second kappa shape index (κ2) is 7.37. The van der Waals surface area contributed by atoms with Crippen molar-refractivity contribution in [3.05, 3.63) is 89.0 Å². The lowest BCUT2D eigenvalue weighted by atomic mass is 9.96. The predicted molar refractivity (Wildman–Crippen MR) is 106 cm³/mol. The first-order valence-electron chi connectivity index (χ1n) is 8.59. The highest BCUT2D eigenvalue weighted by molar-refractivity contribution is 6.52. The molecule has 29 heavy (non-hydrogen) atoms. The molecular formula is C21H14ClN3O4. The fourth-order valence-electron chi connectivity index (χ4n) is 3.29. The molecule has 1 aliphatic rings. The van der Waals surface area contributed by atoms with E-state index in [1.807, 2.05) is 0 Å². The predicted octanol–water partition coefficient (Wildman–Crippen LogP) is 3.46. The van der Waals surface area contributed by atoms with Crippen molar-refractivity contribution in [1.29, 1.82) is 0 Å². The van der Waals surface area contributed by atoms with Crippen LogP contribution >= 0.6 is 11.6 Å².